The van der Waals surface area contributed by atoms with E-state index in [1.165, 1.54) is 5.56 Å². The molecule has 102 valence electrons. The number of nitrogens with two attached hydrogens (primary N) is 1. The van der Waals surface area contributed by atoms with Crippen LogP contribution in [0.4, 0.5) is 0 Å². The second-order valence-corrected chi connectivity index (χ2v) is 6.48. The molecule has 0 aliphatic heterocycles. The van der Waals surface area contributed by atoms with E-state index in [0.29, 0.717) is 11.3 Å². The van der Waals surface area contributed by atoms with Crippen LogP contribution in [0.15, 0.2) is 18.3 Å². The standard InChI is InChI=1S/C16H28N2/c1-6-13-7-8-15(18-11-13)10-14(17)9-12(2)16(3,4)5/h7-8,11-12,14H,6,9-10,17H2,1-5H3. The Labute approximate surface area is 112 Å². The molecule has 2 unspecified atom stereocenters. The van der Waals surface area contributed by atoms with Crippen LogP contribution < -0.4 is 5.73 Å². The van der Waals surface area contributed by atoms with Crippen molar-refractivity contribution >= 4 is 0 Å². The SMILES string of the molecule is CCc1ccc(CC(N)CC(C)C(C)(C)C)nc1. The summed E-state index contributed by atoms with van der Waals surface area (Å²) in [4.78, 5) is 4.48. The van der Waals surface area contributed by atoms with Gasteiger partial charge in [-0.15, -0.1) is 0 Å². The van der Waals surface area contributed by atoms with Crippen molar-refractivity contribution in [3.05, 3.63) is 29.6 Å². The highest BCUT2D eigenvalue weighted by Crippen LogP contribution is 2.29. The first kappa shape index (κ1) is 15.2. The largest absolute Gasteiger partial charge is 0.327 e. The molecule has 2 atom stereocenters. The van der Waals surface area contributed by atoms with Gasteiger partial charge in [0, 0.05) is 24.4 Å². The maximum atomic E-state index is 6.23. The zero-order chi connectivity index (χ0) is 13.8. The fourth-order valence-electron chi connectivity index (χ4n) is 1.94. The van der Waals surface area contributed by atoms with E-state index in [1.54, 1.807) is 0 Å². The molecule has 1 aromatic heterocycles. The Bertz CT molecular complexity index is 348. The van der Waals surface area contributed by atoms with Gasteiger partial charge < -0.3 is 5.73 Å². The lowest BCUT2D eigenvalue weighted by molar-refractivity contribution is 0.232. The Balaban J connectivity index is 2.51. The second-order valence-electron chi connectivity index (χ2n) is 6.48. The van der Waals surface area contributed by atoms with Crippen LogP contribution in [-0.2, 0) is 12.8 Å². The number of hydrogen-bond acceptors (Lipinski definition) is 2. The molecule has 0 aliphatic rings. The van der Waals surface area contributed by atoms with Crippen LogP contribution >= 0.6 is 0 Å². The summed E-state index contributed by atoms with van der Waals surface area (Å²) >= 11 is 0. The summed E-state index contributed by atoms with van der Waals surface area (Å²) in [6.45, 7) is 11.3. The third kappa shape index (κ3) is 4.77. The molecule has 2 heteroatoms. The van der Waals surface area contributed by atoms with Crippen LogP contribution in [0.5, 0.6) is 0 Å². The van der Waals surface area contributed by atoms with Gasteiger partial charge in [0.25, 0.3) is 0 Å². The highest BCUT2D eigenvalue weighted by Gasteiger charge is 2.22. The quantitative estimate of drug-likeness (QED) is 0.865. The van der Waals surface area contributed by atoms with Crippen molar-refractivity contribution in [1.82, 2.24) is 4.98 Å². The van der Waals surface area contributed by atoms with E-state index in [1.807, 2.05) is 6.20 Å². The molecule has 0 aromatic carbocycles. The van der Waals surface area contributed by atoms with Crippen molar-refractivity contribution in [2.75, 3.05) is 0 Å². The van der Waals surface area contributed by atoms with E-state index in [0.717, 1.165) is 25.0 Å². The highest BCUT2D eigenvalue weighted by molar-refractivity contribution is 5.14. The minimum Gasteiger partial charge on any atom is -0.327 e. The number of rotatable bonds is 5. The molecule has 0 aliphatic carbocycles. The van der Waals surface area contributed by atoms with Crippen LogP contribution in [0, 0.1) is 11.3 Å². The first-order chi connectivity index (χ1) is 8.32. The second kappa shape index (κ2) is 6.33. The topological polar surface area (TPSA) is 38.9 Å². The fraction of sp³-hybridized carbons (Fsp3) is 0.688. The Hall–Kier alpha value is -0.890. The van der Waals surface area contributed by atoms with Crippen molar-refractivity contribution < 1.29 is 0 Å². The maximum Gasteiger partial charge on any atom is 0.0419 e. The Morgan fingerprint density at radius 3 is 2.39 bits per heavy atom. The van der Waals surface area contributed by atoms with Gasteiger partial charge in [-0.1, -0.05) is 40.7 Å². The Kier molecular flexibility index (Phi) is 5.33. The highest BCUT2D eigenvalue weighted by atomic mass is 14.7. The van der Waals surface area contributed by atoms with E-state index in [-0.39, 0.29) is 6.04 Å². The van der Waals surface area contributed by atoms with Gasteiger partial charge >= 0.3 is 0 Å². The average molecular weight is 248 g/mol. The summed E-state index contributed by atoms with van der Waals surface area (Å²) in [7, 11) is 0. The molecule has 1 rings (SSSR count). The molecular formula is C16H28N2. The zero-order valence-electron chi connectivity index (χ0n) is 12.5. The molecular weight excluding hydrogens is 220 g/mol. The predicted octanol–water partition coefficient (Wildman–Crippen LogP) is 3.59. The number of aryl methyl sites for hydroxylation is 1. The number of aromatic nitrogens is 1. The molecule has 2 N–H and O–H groups in total. The molecule has 0 fully saturated rings. The van der Waals surface area contributed by atoms with E-state index >= 15 is 0 Å². The van der Waals surface area contributed by atoms with E-state index < -0.39 is 0 Å². The maximum absolute atomic E-state index is 6.23. The lowest BCUT2D eigenvalue weighted by Gasteiger charge is -2.29. The summed E-state index contributed by atoms with van der Waals surface area (Å²) in [5.41, 5.74) is 8.96. The summed E-state index contributed by atoms with van der Waals surface area (Å²) in [6, 6.07) is 4.47. The number of hydrogen-bond donors (Lipinski definition) is 1. The van der Waals surface area contributed by atoms with E-state index in [9.17, 15) is 0 Å². The fourth-order valence-corrected chi connectivity index (χ4v) is 1.94. The summed E-state index contributed by atoms with van der Waals surface area (Å²) in [5.74, 6) is 0.627. The Morgan fingerprint density at radius 2 is 1.94 bits per heavy atom. The van der Waals surface area contributed by atoms with Crippen LogP contribution in [0.3, 0.4) is 0 Å². The molecule has 0 saturated carbocycles. The van der Waals surface area contributed by atoms with Gasteiger partial charge in [-0.25, -0.2) is 0 Å². The van der Waals surface area contributed by atoms with Gasteiger partial charge in [-0.3, -0.25) is 4.98 Å². The molecule has 0 amide bonds. The molecule has 0 bridgehead atoms. The van der Waals surface area contributed by atoms with Crippen molar-refractivity contribution in [3.8, 4) is 0 Å². The molecule has 0 saturated heterocycles. The van der Waals surface area contributed by atoms with Gasteiger partial charge in [0.2, 0.25) is 0 Å². The number of pyridine rings is 1. The first-order valence-corrected chi connectivity index (χ1v) is 7.02. The minimum atomic E-state index is 0.208. The van der Waals surface area contributed by atoms with Crippen molar-refractivity contribution in [2.45, 2.75) is 59.9 Å². The van der Waals surface area contributed by atoms with Crippen molar-refractivity contribution in [3.63, 3.8) is 0 Å². The van der Waals surface area contributed by atoms with Gasteiger partial charge in [0.1, 0.15) is 0 Å². The lowest BCUT2D eigenvalue weighted by Crippen LogP contribution is -2.30. The average Bonchev–Trinajstić information content (AvgIpc) is 2.28. The minimum absolute atomic E-state index is 0.208. The zero-order valence-corrected chi connectivity index (χ0v) is 12.5. The van der Waals surface area contributed by atoms with Gasteiger partial charge in [-0.2, -0.15) is 0 Å². The third-order valence-corrected chi connectivity index (χ3v) is 3.90. The lowest BCUT2D eigenvalue weighted by atomic mass is 9.78. The summed E-state index contributed by atoms with van der Waals surface area (Å²) in [6.07, 6.45) is 4.95. The van der Waals surface area contributed by atoms with Crippen molar-refractivity contribution in [1.29, 1.82) is 0 Å². The molecule has 18 heavy (non-hydrogen) atoms. The van der Waals surface area contributed by atoms with Crippen LogP contribution in [-0.4, -0.2) is 11.0 Å². The summed E-state index contributed by atoms with van der Waals surface area (Å²) in [5, 5.41) is 0. The van der Waals surface area contributed by atoms with Crippen LogP contribution in [0.1, 0.15) is 52.3 Å². The normalized spacial score (nSPS) is 15.4. The van der Waals surface area contributed by atoms with E-state index in [4.69, 9.17) is 5.73 Å². The monoisotopic (exact) mass is 248 g/mol. The van der Waals surface area contributed by atoms with Gasteiger partial charge in [0.05, 0.1) is 0 Å². The third-order valence-electron chi connectivity index (χ3n) is 3.90. The molecule has 0 spiro atoms. The molecule has 1 aromatic rings. The Morgan fingerprint density at radius 1 is 1.28 bits per heavy atom. The smallest absolute Gasteiger partial charge is 0.0419 e. The van der Waals surface area contributed by atoms with Gasteiger partial charge in [-0.05, 0) is 35.8 Å². The van der Waals surface area contributed by atoms with Crippen molar-refractivity contribution in [2.24, 2.45) is 17.1 Å². The first-order valence-electron chi connectivity index (χ1n) is 7.02. The molecule has 2 nitrogen and oxygen atoms in total. The van der Waals surface area contributed by atoms with Crippen LogP contribution in [0.25, 0.3) is 0 Å². The van der Waals surface area contributed by atoms with Crippen LogP contribution in [0.2, 0.25) is 0 Å². The van der Waals surface area contributed by atoms with E-state index in [2.05, 4.69) is 51.7 Å². The number of nitrogens with zero attached hydrogens (tertiary/aromatic N) is 1. The van der Waals surface area contributed by atoms with Gasteiger partial charge in [0.15, 0.2) is 0 Å². The predicted molar refractivity (Wildman–Crippen MR) is 78.5 cm³/mol. The molecule has 1 heterocycles. The molecule has 0 radical (unpaired) electrons. The summed E-state index contributed by atoms with van der Waals surface area (Å²) < 4.78 is 0.